The van der Waals surface area contributed by atoms with E-state index < -0.39 is 0 Å². The number of carbonyl (C=O) groups excluding carboxylic acids is 1. The van der Waals surface area contributed by atoms with Crippen LogP contribution in [0.3, 0.4) is 0 Å². The molecule has 0 unspecified atom stereocenters. The summed E-state index contributed by atoms with van der Waals surface area (Å²) in [5, 5.41) is 9.34. The van der Waals surface area contributed by atoms with Crippen molar-refractivity contribution in [3.05, 3.63) is 36.2 Å². The molecule has 3 aromatic rings. The number of fused-ring (bicyclic) bond motifs is 1. The van der Waals surface area contributed by atoms with Gasteiger partial charge in [-0.1, -0.05) is 38.0 Å². The van der Waals surface area contributed by atoms with Crippen LogP contribution in [0.4, 0.5) is 0 Å². The minimum absolute atomic E-state index is 0.157. The highest BCUT2D eigenvalue weighted by Crippen LogP contribution is 2.28. The molecule has 1 amide bonds. The minimum atomic E-state index is 0.157. The number of para-hydroxylation sites is 1. The largest absolute Gasteiger partial charge is 0.419 e. The number of hydrogen-bond donors (Lipinski definition) is 0. The molecule has 0 spiro atoms. The molecular formula is C20H24N4O2. The van der Waals surface area contributed by atoms with Gasteiger partial charge in [-0.2, -0.15) is 0 Å². The Morgan fingerprint density at radius 2 is 1.88 bits per heavy atom. The van der Waals surface area contributed by atoms with Crippen molar-refractivity contribution in [1.82, 2.24) is 19.7 Å². The quantitative estimate of drug-likeness (QED) is 0.719. The van der Waals surface area contributed by atoms with E-state index in [1.165, 1.54) is 12.8 Å². The van der Waals surface area contributed by atoms with E-state index in [1.54, 1.807) is 0 Å². The average molecular weight is 352 g/mol. The first-order chi connectivity index (χ1) is 12.8. The number of likely N-dealkylation sites (tertiary alicyclic amines) is 1. The van der Waals surface area contributed by atoms with Gasteiger partial charge < -0.3 is 13.9 Å². The maximum absolute atomic E-state index is 12.9. The standard InChI is InChI=1S/C20H24N4O2/c1-2-18-21-22-20(26-18)17-13-15-9-5-6-10-16(15)24(17)14-19(25)23-11-7-3-4-8-12-23/h5-6,9-10,13H,2-4,7-8,11-12,14H2,1H3. The Kier molecular flexibility index (Phi) is 4.73. The Labute approximate surface area is 152 Å². The molecular weight excluding hydrogens is 328 g/mol. The summed E-state index contributed by atoms with van der Waals surface area (Å²) in [6.45, 7) is 3.99. The van der Waals surface area contributed by atoms with Gasteiger partial charge >= 0.3 is 0 Å². The van der Waals surface area contributed by atoms with Crippen molar-refractivity contribution < 1.29 is 9.21 Å². The predicted molar refractivity (Wildman–Crippen MR) is 99.7 cm³/mol. The Balaban J connectivity index is 1.70. The molecule has 0 aliphatic carbocycles. The molecule has 1 saturated heterocycles. The van der Waals surface area contributed by atoms with Crippen LogP contribution in [0.5, 0.6) is 0 Å². The molecule has 0 saturated carbocycles. The summed E-state index contributed by atoms with van der Waals surface area (Å²) in [6.07, 6.45) is 5.30. The van der Waals surface area contributed by atoms with Gasteiger partial charge in [0, 0.05) is 30.4 Å². The number of nitrogens with zero attached hydrogens (tertiary/aromatic N) is 4. The van der Waals surface area contributed by atoms with Crippen LogP contribution in [0.25, 0.3) is 22.5 Å². The summed E-state index contributed by atoms with van der Waals surface area (Å²) in [4.78, 5) is 14.9. The van der Waals surface area contributed by atoms with E-state index in [0.717, 1.165) is 42.5 Å². The number of aryl methyl sites for hydroxylation is 1. The fourth-order valence-electron chi connectivity index (χ4n) is 3.61. The van der Waals surface area contributed by atoms with Crippen LogP contribution in [-0.4, -0.2) is 38.7 Å². The highest BCUT2D eigenvalue weighted by molar-refractivity contribution is 5.88. The Bertz CT molecular complexity index is 904. The maximum atomic E-state index is 12.9. The number of hydrogen-bond acceptors (Lipinski definition) is 4. The van der Waals surface area contributed by atoms with E-state index in [4.69, 9.17) is 4.42 Å². The first-order valence-electron chi connectivity index (χ1n) is 9.45. The van der Waals surface area contributed by atoms with Gasteiger partial charge in [0.15, 0.2) is 0 Å². The molecule has 1 aromatic carbocycles. The molecule has 26 heavy (non-hydrogen) atoms. The van der Waals surface area contributed by atoms with Crippen LogP contribution in [-0.2, 0) is 17.8 Å². The second kappa shape index (κ2) is 7.32. The van der Waals surface area contributed by atoms with Gasteiger partial charge in [-0.05, 0) is 25.0 Å². The molecule has 136 valence electrons. The van der Waals surface area contributed by atoms with Crippen molar-refractivity contribution in [2.45, 2.75) is 45.6 Å². The zero-order valence-electron chi connectivity index (χ0n) is 15.1. The van der Waals surface area contributed by atoms with Crippen LogP contribution in [0, 0.1) is 0 Å². The van der Waals surface area contributed by atoms with Crippen LogP contribution < -0.4 is 0 Å². The lowest BCUT2D eigenvalue weighted by atomic mass is 10.2. The number of aromatic nitrogens is 3. The molecule has 2 aromatic heterocycles. The third-order valence-corrected chi connectivity index (χ3v) is 5.05. The monoisotopic (exact) mass is 352 g/mol. The van der Waals surface area contributed by atoms with E-state index in [0.29, 0.717) is 24.7 Å². The molecule has 3 heterocycles. The minimum Gasteiger partial charge on any atom is -0.419 e. The van der Waals surface area contributed by atoms with E-state index >= 15 is 0 Å². The molecule has 0 N–H and O–H groups in total. The average Bonchev–Trinajstić information content (AvgIpc) is 3.17. The van der Waals surface area contributed by atoms with Crippen LogP contribution in [0.2, 0.25) is 0 Å². The number of amides is 1. The molecule has 1 aliphatic rings. The summed E-state index contributed by atoms with van der Waals surface area (Å²) < 4.78 is 7.78. The summed E-state index contributed by atoms with van der Waals surface area (Å²) >= 11 is 0. The number of rotatable bonds is 4. The Morgan fingerprint density at radius 1 is 1.12 bits per heavy atom. The molecule has 0 radical (unpaired) electrons. The van der Waals surface area contributed by atoms with Gasteiger partial charge in [0.1, 0.15) is 12.2 Å². The summed E-state index contributed by atoms with van der Waals surface area (Å²) in [5.41, 5.74) is 1.82. The Morgan fingerprint density at radius 3 is 2.62 bits per heavy atom. The number of benzene rings is 1. The highest BCUT2D eigenvalue weighted by atomic mass is 16.4. The third kappa shape index (κ3) is 3.23. The molecule has 0 bridgehead atoms. The zero-order chi connectivity index (χ0) is 17.9. The summed E-state index contributed by atoms with van der Waals surface area (Å²) in [7, 11) is 0. The fraction of sp³-hybridized carbons (Fsp3) is 0.450. The smallest absolute Gasteiger partial charge is 0.264 e. The van der Waals surface area contributed by atoms with Gasteiger partial charge in [0.2, 0.25) is 11.8 Å². The van der Waals surface area contributed by atoms with Crippen molar-refractivity contribution >= 4 is 16.8 Å². The molecule has 6 nitrogen and oxygen atoms in total. The second-order valence-corrected chi connectivity index (χ2v) is 6.82. The maximum Gasteiger partial charge on any atom is 0.264 e. The SMILES string of the molecule is CCc1nnc(-c2cc3ccccc3n2CC(=O)N2CCCCCC2)o1. The summed E-state index contributed by atoms with van der Waals surface area (Å²) in [5.74, 6) is 1.24. The lowest BCUT2D eigenvalue weighted by Crippen LogP contribution is -2.34. The van der Waals surface area contributed by atoms with E-state index in [9.17, 15) is 4.79 Å². The second-order valence-electron chi connectivity index (χ2n) is 6.82. The van der Waals surface area contributed by atoms with E-state index in [-0.39, 0.29) is 5.91 Å². The van der Waals surface area contributed by atoms with Crippen LogP contribution >= 0.6 is 0 Å². The first kappa shape index (κ1) is 16.8. The normalized spacial score (nSPS) is 15.3. The molecule has 0 atom stereocenters. The van der Waals surface area contributed by atoms with Crippen LogP contribution in [0.15, 0.2) is 34.7 Å². The van der Waals surface area contributed by atoms with Crippen molar-refractivity contribution in [2.75, 3.05) is 13.1 Å². The van der Waals surface area contributed by atoms with Crippen molar-refractivity contribution in [1.29, 1.82) is 0 Å². The number of carbonyl (C=O) groups is 1. The summed E-state index contributed by atoms with van der Waals surface area (Å²) in [6, 6.07) is 10.1. The fourth-order valence-corrected chi connectivity index (χ4v) is 3.61. The topological polar surface area (TPSA) is 64.2 Å². The third-order valence-electron chi connectivity index (χ3n) is 5.05. The molecule has 1 fully saturated rings. The van der Waals surface area contributed by atoms with Crippen molar-refractivity contribution in [2.24, 2.45) is 0 Å². The van der Waals surface area contributed by atoms with Crippen LogP contribution in [0.1, 0.15) is 38.5 Å². The van der Waals surface area contributed by atoms with Gasteiger partial charge in [-0.3, -0.25) is 4.79 Å². The molecule has 1 aliphatic heterocycles. The van der Waals surface area contributed by atoms with E-state index in [1.807, 2.05) is 46.7 Å². The van der Waals surface area contributed by atoms with Gasteiger partial charge in [-0.15, -0.1) is 10.2 Å². The lowest BCUT2D eigenvalue weighted by Gasteiger charge is -2.21. The van der Waals surface area contributed by atoms with E-state index in [2.05, 4.69) is 10.2 Å². The molecule has 6 heteroatoms. The predicted octanol–water partition coefficient (Wildman–Crippen LogP) is 3.66. The highest BCUT2D eigenvalue weighted by Gasteiger charge is 2.21. The van der Waals surface area contributed by atoms with Gasteiger partial charge in [-0.25, -0.2) is 0 Å². The van der Waals surface area contributed by atoms with Crippen molar-refractivity contribution in [3.8, 4) is 11.6 Å². The zero-order valence-corrected chi connectivity index (χ0v) is 15.1. The lowest BCUT2D eigenvalue weighted by molar-refractivity contribution is -0.131. The van der Waals surface area contributed by atoms with Gasteiger partial charge in [0.05, 0.1) is 0 Å². The molecule has 4 rings (SSSR count). The van der Waals surface area contributed by atoms with Gasteiger partial charge in [0.25, 0.3) is 5.89 Å². The Hall–Kier alpha value is -2.63. The van der Waals surface area contributed by atoms with Crippen molar-refractivity contribution in [3.63, 3.8) is 0 Å². The first-order valence-corrected chi connectivity index (χ1v) is 9.45.